The van der Waals surface area contributed by atoms with Crippen molar-refractivity contribution in [3.63, 3.8) is 0 Å². The van der Waals surface area contributed by atoms with Gasteiger partial charge in [-0.3, -0.25) is 9.48 Å². The van der Waals surface area contributed by atoms with Gasteiger partial charge in [-0.05, 0) is 30.5 Å². The van der Waals surface area contributed by atoms with Crippen molar-refractivity contribution in [1.29, 1.82) is 0 Å². The van der Waals surface area contributed by atoms with E-state index in [1.165, 1.54) is 18.3 Å². The molecule has 0 spiro atoms. The molecule has 0 saturated carbocycles. The van der Waals surface area contributed by atoms with Gasteiger partial charge in [0.05, 0.1) is 19.7 Å². The van der Waals surface area contributed by atoms with Crippen molar-refractivity contribution in [2.45, 2.75) is 44.7 Å². The summed E-state index contributed by atoms with van der Waals surface area (Å²) in [5.41, 5.74) is 1.19. The van der Waals surface area contributed by atoms with Crippen LogP contribution in [0.15, 0.2) is 36.9 Å². The largest absolute Gasteiger partial charge is 0.497 e. The smallest absolute Gasteiger partial charge is 0.224 e. The monoisotopic (exact) mass is 328 g/mol. The molecule has 0 radical (unpaired) electrons. The highest BCUT2D eigenvalue weighted by atomic mass is 16.5. The summed E-state index contributed by atoms with van der Waals surface area (Å²) < 4.78 is 6.95. The zero-order chi connectivity index (χ0) is 16.8. The summed E-state index contributed by atoms with van der Waals surface area (Å²) >= 11 is 0. The second-order valence-corrected chi connectivity index (χ2v) is 6.13. The Labute approximate surface area is 142 Å². The van der Waals surface area contributed by atoms with E-state index in [0.717, 1.165) is 31.6 Å². The van der Waals surface area contributed by atoms with E-state index in [9.17, 15) is 4.79 Å². The number of carbonyl (C=O) groups excluding carboxylic acids is 1. The average molecular weight is 328 g/mol. The van der Waals surface area contributed by atoms with E-state index in [-0.39, 0.29) is 11.9 Å². The maximum Gasteiger partial charge on any atom is 0.224 e. The van der Waals surface area contributed by atoms with Crippen LogP contribution in [-0.2, 0) is 11.3 Å². The number of amides is 1. The number of hydrogen-bond acceptors (Lipinski definition) is 4. The molecule has 1 aliphatic heterocycles. The number of aryl methyl sites for hydroxylation is 1. The fourth-order valence-electron chi connectivity index (χ4n) is 3.28. The summed E-state index contributed by atoms with van der Waals surface area (Å²) in [6.45, 7) is 1.40. The molecule has 1 fully saturated rings. The Bertz CT molecular complexity index is 640. The number of hydrogen-bond donors (Lipinski definition) is 0. The maximum atomic E-state index is 12.8. The van der Waals surface area contributed by atoms with Gasteiger partial charge in [-0.1, -0.05) is 25.0 Å². The number of carbonyl (C=O) groups is 1. The second kappa shape index (κ2) is 7.95. The van der Waals surface area contributed by atoms with Crippen LogP contribution in [0, 0.1) is 0 Å². The van der Waals surface area contributed by atoms with Crippen molar-refractivity contribution in [3.8, 4) is 5.75 Å². The fourth-order valence-corrected chi connectivity index (χ4v) is 3.28. The van der Waals surface area contributed by atoms with Gasteiger partial charge < -0.3 is 9.64 Å². The van der Waals surface area contributed by atoms with Gasteiger partial charge >= 0.3 is 0 Å². The molecule has 1 aromatic heterocycles. The van der Waals surface area contributed by atoms with Crippen molar-refractivity contribution in [1.82, 2.24) is 19.7 Å². The highest BCUT2D eigenvalue weighted by Gasteiger charge is 2.26. The number of likely N-dealkylation sites (tertiary alicyclic amines) is 1. The lowest BCUT2D eigenvalue weighted by Gasteiger charge is -2.30. The minimum absolute atomic E-state index is 0.154. The number of rotatable bonds is 5. The van der Waals surface area contributed by atoms with Crippen LogP contribution < -0.4 is 4.74 Å². The first-order valence-corrected chi connectivity index (χ1v) is 8.54. The molecule has 1 atom stereocenters. The van der Waals surface area contributed by atoms with Gasteiger partial charge in [0, 0.05) is 13.0 Å². The molecule has 1 aromatic carbocycles. The lowest BCUT2D eigenvalue weighted by atomic mass is 10.0. The van der Waals surface area contributed by atoms with Gasteiger partial charge in [-0.2, -0.15) is 5.10 Å². The topological polar surface area (TPSA) is 60.2 Å². The number of benzene rings is 1. The van der Waals surface area contributed by atoms with E-state index < -0.39 is 0 Å². The summed E-state index contributed by atoms with van der Waals surface area (Å²) in [6, 6.07) is 8.25. The summed E-state index contributed by atoms with van der Waals surface area (Å²) in [5, 5.41) is 4.07. The molecule has 1 unspecified atom stereocenters. The molecule has 3 rings (SSSR count). The van der Waals surface area contributed by atoms with Crippen LogP contribution in [0.25, 0.3) is 0 Å². The molecule has 24 heavy (non-hydrogen) atoms. The van der Waals surface area contributed by atoms with E-state index in [1.54, 1.807) is 18.1 Å². The zero-order valence-electron chi connectivity index (χ0n) is 14.1. The molecule has 2 aromatic rings. The first kappa shape index (κ1) is 16.5. The Morgan fingerprint density at radius 3 is 2.79 bits per heavy atom. The quantitative estimate of drug-likeness (QED) is 0.847. The number of nitrogens with zero attached hydrogens (tertiary/aromatic N) is 4. The molecule has 0 N–H and O–H groups in total. The molecule has 1 amide bonds. The van der Waals surface area contributed by atoms with E-state index in [1.807, 2.05) is 17.0 Å². The van der Waals surface area contributed by atoms with Gasteiger partial charge in [-0.15, -0.1) is 0 Å². The molecule has 2 heterocycles. The first-order chi connectivity index (χ1) is 11.8. The molecular formula is C18H24N4O2. The molecule has 128 valence electrons. The third kappa shape index (κ3) is 3.93. The summed E-state index contributed by atoms with van der Waals surface area (Å²) in [4.78, 5) is 18.8. The molecule has 0 bridgehead atoms. The SMILES string of the molecule is COc1ccc(C2CCCCCN2C(=O)CCn2cncn2)cc1. The van der Waals surface area contributed by atoms with Crippen molar-refractivity contribution in [2.75, 3.05) is 13.7 Å². The minimum atomic E-state index is 0.154. The van der Waals surface area contributed by atoms with Crippen molar-refractivity contribution < 1.29 is 9.53 Å². The Balaban J connectivity index is 1.72. The highest BCUT2D eigenvalue weighted by molar-refractivity contribution is 5.76. The van der Waals surface area contributed by atoms with Crippen LogP contribution >= 0.6 is 0 Å². The predicted molar refractivity (Wildman–Crippen MR) is 90.6 cm³/mol. The van der Waals surface area contributed by atoms with Gasteiger partial charge in [-0.25, -0.2) is 4.98 Å². The van der Waals surface area contributed by atoms with Gasteiger partial charge in [0.2, 0.25) is 5.91 Å². The second-order valence-electron chi connectivity index (χ2n) is 6.13. The maximum absolute atomic E-state index is 12.8. The number of aromatic nitrogens is 3. The van der Waals surface area contributed by atoms with E-state index in [2.05, 4.69) is 22.2 Å². The predicted octanol–water partition coefficient (Wildman–Crippen LogP) is 2.82. The number of ether oxygens (including phenoxy) is 1. The summed E-state index contributed by atoms with van der Waals surface area (Å²) in [6.07, 6.45) is 8.02. The van der Waals surface area contributed by atoms with Gasteiger partial charge in [0.25, 0.3) is 0 Å². The minimum Gasteiger partial charge on any atom is -0.497 e. The zero-order valence-corrected chi connectivity index (χ0v) is 14.1. The molecular weight excluding hydrogens is 304 g/mol. The van der Waals surface area contributed by atoms with Crippen molar-refractivity contribution >= 4 is 5.91 Å². The normalized spacial score (nSPS) is 18.2. The third-order valence-electron chi connectivity index (χ3n) is 4.60. The lowest BCUT2D eigenvalue weighted by Crippen LogP contribution is -2.35. The Morgan fingerprint density at radius 1 is 1.25 bits per heavy atom. The number of methoxy groups -OCH3 is 1. The summed E-state index contributed by atoms with van der Waals surface area (Å²) in [5.74, 6) is 1.03. The van der Waals surface area contributed by atoms with Gasteiger partial charge in [0.15, 0.2) is 0 Å². The van der Waals surface area contributed by atoms with E-state index in [0.29, 0.717) is 13.0 Å². The van der Waals surface area contributed by atoms with Crippen LogP contribution in [0.5, 0.6) is 5.75 Å². The van der Waals surface area contributed by atoms with Crippen LogP contribution in [0.3, 0.4) is 0 Å². The van der Waals surface area contributed by atoms with Crippen LogP contribution in [0.1, 0.15) is 43.7 Å². The van der Waals surface area contributed by atoms with Crippen LogP contribution in [0.2, 0.25) is 0 Å². The fraction of sp³-hybridized carbons (Fsp3) is 0.500. The molecule has 1 saturated heterocycles. The van der Waals surface area contributed by atoms with E-state index in [4.69, 9.17) is 4.74 Å². The first-order valence-electron chi connectivity index (χ1n) is 8.54. The van der Waals surface area contributed by atoms with Crippen LogP contribution in [0.4, 0.5) is 0 Å². The highest BCUT2D eigenvalue weighted by Crippen LogP contribution is 2.31. The summed E-state index contributed by atoms with van der Waals surface area (Å²) in [7, 11) is 1.67. The average Bonchev–Trinajstić information content (AvgIpc) is 3.02. The Kier molecular flexibility index (Phi) is 5.46. The standard InChI is InChI=1S/C18H24N4O2/c1-24-16-8-6-15(7-9-16)17-5-3-2-4-11-22(17)18(23)10-12-21-14-19-13-20-21/h6-9,13-14,17H,2-5,10-12H2,1H3. The third-order valence-corrected chi connectivity index (χ3v) is 4.60. The Morgan fingerprint density at radius 2 is 2.08 bits per heavy atom. The molecule has 6 heteroatoms. The van der Waals surface area contributed by atoms with Crippen molar-refractivity contribution in [2.24, 2.45) is 0 Å². The van der Waals surface area contributed by atoms with E-state index >= 15 is 0 Å². The molecule has 6 nitrogen and oxygen atoms in total. The van der Waals surface area contributed by atoms with Crippen LogP contribution in [-0.4, -0.2) is 39.2 Å². The lowest BCUT2D eigenvalue weighted by molar-refractivity contribution is -0.134. The Hall–Kier alpha value is -2.37. The molecule has 0 aliphatic carbocycles. The van der Waals surface area contributed by atoms with Gasteiger partial charge in [0.1, 0.15) is 18.4 Å². The van der Waals surface area contributed by atoms with Crippen molar-refractivity contribution in [3.05, 3.63) is 42.5 Å². The molecule has 1 aliphatic rings.